The number of hydrogen-bond acceptors (Lipinski definition) is 6. The van der Waals surface area contributed by atoms with Crippen molar-refractivity contribution < 1.29 is 29.0 Å². The van der Waals surface area contributed by atoms with Gasteiger partial charge in [0.05, 0.1) is 17.9 Å². The second-order valence-electron chi connectivity index (χ2n) is 9.86. The van der Waals surface area contributed by atoms with Crippen molar-refractivity contribution in [3.05, 3.63) is 54.6 Å². The van der Waals surface area contributed by atoms with Crippen molar-refractivity contribution >= 4 is 35.1 Å². The lowest BCUT2D eigenvalue weighted by molar-refractivity contribution is -0.154. The lowest BCUT2D eigenvalue weighted by Crippen LogP contribution is -2.56. The van der Waals surface area contributed by atoms with Crippen LogP contribution in [0.3, 0.4) is 0 Å². The maximum atomic E-state index is 14.3. The summed E-state index contributed by atoms with van der Waals surface area (Å²) >= 11 is 6.08. The number of carbonyl (C=O) groups is 3. The average molecular weight is 531 g/mol. The van der Waals surface area contributed by atoms with E-state index in [1.54, 1.807) is 40.1 Å². The van der Waals surface area contributed by atoms with Crippen molar-refractivity contribution in [2.24, 2.45) is 11.8 Å². The molecule has 1 aromatic carbocycles. The summed E-state index contributed by atoms with van der Waals surface area (Å²) in [5, 5.41) is 9.64. The monoisotopic (exact) mass is 530 g/mol. The molecule has 3 saturated heterocycles. The molecule has 3 heterocycles. The SMILES string of the molecule is C=CCOC(=O)[C@@H]1[C@@H]2CCC3(O2)C(C(=O)N(CC=C)c2ccc(Cl)cc2)N(CCCCCCO)C(=O)[C@H]13. The van der Waals surface area contributed by atoms with E-state index in [2.05, 4.69) is 13.2 Å². The van der Waals surface area contributed by atoms with Gasteiger partial charge >= 0.3 is 5.97 Å². The number of amides is 2. The molecular formula is C28H35ClN2O6. The fourth-order valence-corrected chi connectivity index (χ4v) is 6.27. The Bertz CT molecular complexity index is 1030. The predicted octanol–water partition coefficient (Wildman–Crippen LogP) is 3.52. The molecule has 1 spiro atoms. The van der Waals surface area contributed by atoms with Crippen LogP contribution in [0.4, 0.5) is 5.69 Å². The molecule has 37 heavy (non-hydrogen) atoms. The van der Waals surface area contributed by atoms with Crippen LogP contribution in [0, 0.1) is 11.8 Å². The number of hydrogen-bond donors (Lipinski definition) is 1. The molecule has 3 aliphatic heterocycles. The number of nitrogens with zero attached hydrogens (tertiary/aromatic N) is 2. The van der Waals surface area contributed by atoms with Crippen molar-refractivity contribution in [3.63, 3.8) is 0 Å². The topological polar surface area (TPSA) is 96.4 Å². The fraction of sp³-hybridized carbons (Fsp3) is 0.536. The van der Waals surface area contributed by atoms with E-state index in [1.807, 2.05) is 0 Å². The van der Waals surface area contributed by atoms with Crippen LogP contribution in [0.5, 0.6) is 0 Å². The number of unbranched alkanes of at least 4 members (excludes halogenated alkanes) is 3. The fourth-order valence-electron chi connectivity index (χ4n) is 6.15. The van der Waals surface area contributed by atoms with E-state index in [1.165, 1.54) is 6.08 Å². The summed E-state index contributed by atoms with van der Waals surface area (Å²) in [6, 6.07) is 6.07. The van der Waals surface area contributed by atoms with Gasteiger partial charge in [-0.3, -0.25) is 14.4 Å². The third kappa shape index (κ3) is 5.07. The summed E-state index contributed by atoms with van der Waals surface area (Å²) in [7, 11) is 0. The second-order valence-corrected chi connectivity index (χ2v) is 10.3. The summed E-state index contributed by atoms with van der Waals surface area (Å²) in [6.45, 7) is 8.19. The van der Waals surface area contributed by atoms with Crippen LogP contribution >= 0.6 is 11.6 Å². The quantitative estimate of drug-likeness (QED) is 0.238. The average Bonchev–Trinajstić information content (AvgIpc) is 3.53. The van der Waals surface area contributed by atoms with Crippen molar-refractivity contribution in [2.45, 2.75) is 56.3 Å². The van der Waals surface area contributed by atoms with Crippen LogP contribution in [0.2, 0.25) is 5.02 Å². The van der Waals surface area contributed by atoms with Gasteiger partial charge in [0.1, 0.15) is 18.2 Å². The molecule has 4 rings (SSSR count). The number of ether oxygens (including phenoxy) is 2. The molecule has 0 aromatic heterocycles. The number of carbonyl (C=O) groups excluding carboxylic acids is 3. The summed E-state index contributed by atoms with van der Waals surface area (Å²) in [4.78, 5) is 44.5. The number of likely N-dealkylation sites (tertiary alicyclic amines) is 1. The Balaban J connectivity index is 1.68. The first-order valence-electron chi connectivity index (χ1n) is 12.9. The molecule has 2 bridgehead atoms. The Labute approximate surface area is 222 Å². The molecule has 2 unspecified atom stereocenters. The van der Waals surface area contributed by atoms with E-state index < -0.39 is 35.6 Å². The Hall–Kier alpha value is -2.68. The second kappa shape index (κ2) is 11.8. The van der Waals surface area contributed by atoms with Crippen LogP contribution in [0.15, 0.2) is 49.6 Å². The van der Waals surface area contributed by atoms with Gasteiger partial charge in [-0.1, -0.05) is 43.2 Å². The van der Waals surface area contributed by atoms with Crippen molar-refractivity contribution in [1.29, 1.82) is 0 Å². The van der Waals surface area contributed by atoms with E-state index in [0.717, 1.165) is 12.8 Å². The number of aliphatic hydroxyl groups is 1. The van der Waals surface area contributed by atoms with Crippen LogP contribution in [-0.4, -0.2) is 71.8 Å². The molecule has 3 aliphatic rings. The minimum absolute atomic E-state index is 0.0522. The van der Waals surface area contributed by atoms with Gasteiger partial charge in [-0.05, 0) is 49.9 Å². The predicted molar refractivity (Wildman–Crippen MR) is 140 cm³/mol. The first kappa shape index (κ1) is 27.4. The maximum absolute atomic E-state index is 14.3. The molecule has 0 radical (unpaired) electrons. The van der Waals surface area contributed by atoms with Crippen LogP contribution < -0.4 is 4.90 Å². The highest BCUT2D eigenvalue weighted by Crippen LogP contribution is 2.59. The van der Waals surface area contributed by atoms with Gasteiger partial charge in [-0.25, -0.2) is 0 Å². The molecule has 0 aliphatic carbocycles. The number of aliphatic hydroxyl groups excluding tert-OH is 1. The first-order chi connectivity index (χ1) is 17.9. The molecular weight excluding hydrogens is 496 g/mol. The summed E-state index contributed by atoms with van der Waals surface area (Å²) in [6.07, 6.45) is 6.76. The summed E-state index contributed by atoms with van der Waals surface area (Å²) in [5.74, 6) is -2.52. The van der Waals surface area contributed by atoms with Gasteiger partial charge in [-0.15, -0.1) is 6.58 Å². The Morgan fingerprint density at radius 1 is 1.19 bits per heavy atom. The van der Waals surface area contributed by atoms with Gasteiger partial charge in [-0.2, -0.15) is 0 Å². The lowest BCUT2D eigenvalue weighted by Gasteiger charge is -2.36. The van der Waals surface area contributed by atoms with Crippen LogP contribution in [0.1, 0.15) is 38.5 Å². The van der Waals surface area contributed by atoms with E-state index in [0.29, 0.717) is 42.9 Å². The van der Waals surface area contributed by atoms with Crippen molar-refractivity contribution in [1.82, 2.24) is 4.90 Å². The smallest absolute Gasteiger partial charge is 0.312 e. The van der Waals surface area contributed by atoms with E-state index in [4.69, 9.17) is 26.2 Å². The number of anilines is 1. The molecule has 9 heteroatoms. The molecule has 2 amide bonds. The largest absolute Gasteiger partial charge is 0.461 e. The normalized spacial score (nSPS) is 27.7. The number of halogens is 1. The number of benzene rings is 1. The van der Waals surface area contributed by atoms with E-state index in [-0.39, 0.29) is 31.6 Å². The summed E-state index contributed by atoms with van der Waals surface area (Å²) < 4.78 is 11.8. The Morgan fingerprint density at radius 3 is 2.59 bits per heavy atom. The highest BCUT2D eigenvalue weighted by molar-refractivity contribution is 6.30. The van der Waals surface area contributed by atoms with Gasteiger partial charge in [0.25, 0.3) is 5.91 Å². The standard InChI is InChI=1S/C28H35ClN2O6/c1-3-15-30(20-11-9-19(29)10-12-20)26(34)24-28-14-13-21(37-28)22(27(35)36-18-4-2)23(28)25(33)31(24)16-7-5-6-8-17-32/h3-4,9-12,21-24,32H,1-2,5-8,13-18H2/t21-,22+,23-,24?,28?/m0/s1. The van der Waals surface area contributed by atoms with Gasteiger partial charge < -0.3 is 24.4 Å². The number of rotatable bonds is 13. The van der Waals surface area contributed by atoms with Gasteiger partial charge in [0, 0.05) is 30.4 Å². The minimum Gasteiger partial charge on any atom is -0.461 e. The third-order valence-corrected chi connectivity index (χ3v) is 7.92. The molecule has 8 nitrogen and oxygen atoms in total. The van der Waals surface area contributed by atoms with Gasteiger partial charge in [0.15, 0.2) is 0 Å². The molecule has 3 fully saturated rings. The Kier molecular flexibility index (Phi) is 8.72. The maximum Gasteiger partial charge on any atom is 0.312 e. The summed E-state index contributed by atoms with van der Waals surface area (Å²) in [5.41, 5.74) is -0.452. The van der Waals surface area contributed by atoms with Crippen LogP contribution in [-0.2, 0) is 23.9 Å². The first-order valence-corrected chi connectivity index (χ1v) is 13.3. The lowest BCUT2D eigenvalue weighted by atomic mass is 9.70. The number of esters is 1. The van der Waals surface area contributed by atoms with E-state index >= 15 is 0 Å². The molecule has 5 atom stereocenters. The zero-order valence-electron chi connectivity index (χ0n) is 21.0. The van der Waals surface area contributed by atoms with E-state index in [9.17, 15) is 14.4 Å². The van der Waals surface area contributed by atoms with Crippen LogP contribution in [0.25, 0.3) is 0 Å². The van der Waals surface area contributed by atoms with Gasteiger partial charge in [0.2, 0.25) is 5.91 Å². The van der Waals surface area contributed by atoms with Crippen molar-refractivity contribution in [3.8, 4) is 0 Å². The zero-order chi connectivity index (χ0) is 26.6. The third-order valence-electron chi connectivity index (χ3n) is 7.67. The zero-order valence-corrected chi connectivity index (χ0v) is 21.8. The molecule has 200 valence electrons. The molecule has 1 N–H and O–H groups in total. The molecule has 1 aromatic rings. The minimum atomic E-state index is -1.09. The highest BCUT2D eigenvalue weighted by atomic mass is 35.5. The van der Waals surface area contributed by atoms with Crippen molar-refractivity contribution in [2.75, 3.05) is 31.2 Å². The highest BCUT2D eigenvalue weighted by Gasteiger charge is 2.75. The number of fused-ring (bicyclic) bond motifs is 1. The Morgan fingerprint density at radius 2 is 1.92 bits per heavy atom. The molecule has 0 saturated carbocycles.